The Morgan fingerprint density at radius 3 is 2.44 bits per heavy atom. The van der Waals surface area contributed by atoms with Crippen LogP contribution < -0.4 is 11.1 Å². The summed E-state index contributed by atoms with van der Waals surface area (Å²) >= 11 is 0. The lowest BCUT2D eigenvalue weighted by Gasteiger charge is -2.27. The Hall–Kier alpha value is -0.610. The minimum Gasteiger partial charge on any atom is -0.369 e. The molecule has 1 rings (SSSR count). The lowest BCUT2D eigenvalue weighted by atomic mass is 9.92. The molecule has 3 N–H and O–H groups in total. The molecule has 1 saturated carbocycles. The van der Waals surface area contributed by atoms with Gasteiger partial charge in [0.05, 0.1) is 0 Å². The molecule has 1 aliphatic carbocycles. The molecule has 1 amide bonds. The second-order valence-electron chi connectivity index (χ2n) is 5.82. The van der Waals surface area contributed by atoms with E-state index < -0.39 is 0 Å². The fourth-order valence-electron chi connectivity index (χ4n) is 2.14. The molecule has 0 bridgehead atoms. The number of nitrogens with one attached hydrogen (secondary N) is 1. The highest BCUT2D eigenvalue weighted by Gasteiger charge is 2.22. The van der Waals surface area contributed by atoms with E-state index in [1.165, 1.54) is 0 Å². The molecule has 1 aliphatic rings. The summed E-state index contributed by atoms with van der Waals surface area (Å²) < 4.78 is 5.54. The second kappa shape index (κ2) is 7.74. The number of ether oxygens (including phenoxy) is 1. The van der Waals surface area contributed by atoms with Crippen LogP contribution in [0.25, 0.3) is 0 Å². The molecule has 0 aromatic heterocycles. The SMILES string of the molecule is CC(C)CCOC(C)C(=O)NC1CCC(N)CC1. The molecule has 106 valence electrons. The maximum atomic E-state index is 11.9. The third-order valence-electron chi connectivity index (χ3n) is 3.55. The highest BCUT2D eigenvalue weighted by atomic mass is 16.5. The van der Waals surface area contributed by atoms with E-state index in [1.54, 1.807) is 0 Å². The maximum absolute atomic E-state index is 11.9. The molecule has 0 aromatic rings. The minimum absolute atomic E-state index is 0.0132. The van der Waals surface area contributed by atoms with E-state index in [0.29, 0.717) is 18.6 Å². The highest BCUT2D eigenvalue weighted by molar-refractivity contribution is 5.80. The van der Waals surface area contributed by atoms with Crippen molar-refractivity contribution in [3.05, 3.63) is 0 Å². The average Bonchev–Trinajstić information content (AvgIpc) is 2.31. The van der Waals surface area contributed by atoms with Crippen LogP contribution in [0.3, 0.4) is 0 Å². The Bertz CT molecular complexity index is 248. The van der Waals surface area contributed by atoms with Gasteiger partial charge >= 0.3 is 0 Å². The third-order valence-corrected chi connectivity index (χ3v) is 3.55. The van der Waals surface area contributed by atoms with Gasteiger partial charge in [0.25, 0.3) is 0 Å². The number of hydrogen-bond donors (Lipinski definition) is 2. The molecular formula is C14H28N2O2. The summed E-state index contributed by atoms with van der Waals surface area (Å²) in [5.74, 6) is 0.624. The molecule has 0 radical (unpaired) electrons. The van der Waals surface area contributed by atoms with Gasteiger partial charge in [-0.3, -0.25) is 4.79 Å². The van der Waals surface area contributed by atoms with Crippen LogP contribution in [-0.2, 0) is 9.53 Å². The molecule has 0 spiro atoms. The van der Waals surface area contributed by atoms with Gasteiger partial charge in [-0.1, -0.05) is 13.8 Å². The Balaban J connectivity index is 2.18. The van der Waals surface area contributed by atoms with Gasteiger partial charge in [-0.15, -0.1) is 0 Å². The largest absolute Gasteiger partial charge is 0.369 e. The topological polar surface area (TPSA) is 64.3 Å². The van der Waals surface area contributed by atoms with Crippen LogP contribution in [0.2, 0.25) is 0 Å². The average molecular weight is 256 g/mol. The van der Waals surface area contributed by atoms with Crippen molar-refractivity contribution < 1.29 is 9.53 Å². The number of carbonyl (C=O) groups is 1. The molecular weight excluding hydrogens is 228 g/mol. The Morgan fingerprint density at radius 1 is 1.28 bits per heavy atom. The molecule has 1 fully saturated rings. The fraction of sp³-hybridized carbons (Fsp3) is 0.929. The molecule has 4 heteroatoms. The third kappa shape index (κ3) is 5.83. The normalized spacial score (nSPS) is 26.1. The summed E-state index contributed by atoms with van der Waals surface area (Å²) in [5.41, 5.74) is 5.84. The molecule has 0 aromatic carbocycles. The van der Waals surface area contributed by atoms with Crippen LogP contribution >= 0.6 is 0 Å². The monoisotopic (exact) mass is 256 g/mol. The van der Waals surface area contributed by atoms with Crippen molar-refractivity contribution in [3.63, 3.8) is 0 Å². The lowest BCUT2D eigenvalue weighted by molar-refractivity contribution is -0.132. The van der Waals surface area contributed by atoms with E-state index in [2.05, 4.69) is 19.2 Å². The van der Waals surface area contributed by atoms with E-state index in [-0.39, 0.29) is 18.1 Å². The molecule has 1 unspecified atom stereocenters. The molecule has 0 saturated heterocycles. The number of nitrogens with two attached hydrogens (primary N) is 1. The zero-order valence-electron chi connectivity index (χ0n) is 11.9. The summed E-state index contributed by atoms with van der Waals surface area (Å²) in [5, 5.41) is 3.06. The zero-order valence-corrected chi connectivity index (χ0v) is 11.9. The summed E-state index contributed by atoms with van der Waals surface area (Å²) in [6.07, 6.45) is 4.65. The maximum Gasteiger partial charge on any atom is 0.249 e. The predicted octanol–water partition coefficient (Wildman–Crippen LogP) is 1.82. The smallest absolute Gasteiger partial charge is 0.249 e. The van der Waals surface area contributed by atoms with Crippen LogP contribution in [0.4, 0.5) is 0 Å². The van der Waals surface area contributed by atoms with E-state index in [4.69, 9.17) is 10.5 Å². The van der Waals surface area contributed by atoms with Gasteiger partial charge in [0.1, 0.15) is 6.10 Å². The summed E-state index contributed by atoms with van der Waals surface area (Å²) in [4.78, 5) is 11.9. The predicted molar refractivity (Wildman–Crippen MR) is 73.2 cm³/mol. The first-order valence-corrected chi connectivity index (χ1v) is 7.16. The first kappa shape index (κ1) is 15.4. The van der Waals surface area contributed by atoms with Crippen LogP contribution in [0.5, 0.6) is 0 Å². The van der Waals surface area contributed by atoms with Crippen molar-refractivity contribution in [2.75, 3.05) is 6.61 Å². The van der Waals surface area contributed by atoms with Crippen molar-refractivity contribution in [1.82, 2.24) is 5.32 Å². The van der Waals surface area contributed by atoms with E-state index in [0.717, 1.165) is 32.1 Å². The van der Waals surface area contributed by atoms with Gasteiger partial charge in [-0.2, -0.15) is 0 Å². The number of rotatable bonds is 6. The van der Waals surface area contributed by atoms with Gasteiger partial charge in [0.15, 0.2) is 0 Å². The molecule has 1 atom stereocenters. The minimum atomic E-state index is -0.348. The van der Waals surface area contributed by atoms with Crippen molar-refractivity contribution in [2.24, 2.45) is 11.7 Å². The van der Waals surface area contributed by atoms with Gasteiger partial charge < -0.3 is 15.8 Å². The first-order chi connectivity index (χ1) is 8.49. The zero-order chi connectivity index (χ0) is 13.5. The van der Waals surface area contributed by atoms with Crippen molar-refractivity contribution in [3.8, 4) is 0 Å². The van der Waals surface area contributed by atoms with Crippen molar-refractivity contribution in [2.45, 2.75) is 71.1 Å². The summed E-state index contributed by atoms with van der Waals surface area (Å²) in [6.45, 7) is 6.78. The Morgan fingerprint density at radius 2 is 1.89 bits per heavy atom. The van der Waals surface area contributed by atoms with Crippen molar-refractivity contribution in [1.29, 1.82) is 0 Å². The Kier molecular flexibility index (Phi) is 6.65. The number of hydrogen-bond acceptors (Lipinski definition) is 3. The van der Waals surface area contributed by atoms with Gasteiger partial charge in [-0.05, 0) is 44.9 Å². The van der Waals surface area contributed by atoms with Crippen LogP contribution in [0.1, 0.15) is 52.9 Å². The first-order valence-electron chi connectivity index (χ1n) is 7.16. The summed E-state index contributed by atoms with van der Waals surface area (Å²) in [6, 6.07) is 0.603. The van der Waals surface area contributed by atoms with Gasteiger partial charge in [-0.25, -0.2) is 0 Å². The quantitative estimate of drug-likeness (QED) is 0.762. The number of amides is 1. The van der Waals surface area contributed by atoms with E-state index in [9.17, 15) is 4.79 Å². The molecule has 0 heterocycles. The van der Waals surface area contributed by atoms with Crippen LogP contribution in [0.15, 0.2) is 0 Å². The van der Waals surface area contributed by atoms with Crippen LogP contribution in [-0.4, -0.2) is 30.7 Å². The van der Waals surface area contributed by atoms with Gasteiger partial charge in [0.2, 0.25) is 5.91 Å². The second-order valence-corrected chi connectivity index (χ2v) is 5.82. The Labute approximate surface area is 111 Å². The van der Waals surface area contributed by atoms with Crippen molar-refractivity contribution >= 4 is 5.91 Å². The van der Waals surface area contributed by atoms with E-state index >= 15 is 0 Å². The molecule has 18 heavy (non-hydrogen) atoms. The molecule has 4 nitrogen and oxygen atoms in total. The highest BCUT2D eigenvalue weighted by Crippen LogP contribution is 2.17. The molecule has 0 aliphatic heterocycles. The lowest BCUT2D eigenvalue weighted by Crippen LogP contribution is -2.44. The summed E-state index contributed by atoms with van der Waals surface area (Å²) in [7, 11) is 0. The van der Waals surface area contributed by atoms with Crippen LogP contribution in [0, 0.1) is 5.92 Å². The standard InChI is InChI=1S/C14H28N2O2/c1-10(2)8-9-18-11(3)14(17)16-13-6-4-12(15)5-7-13/h10-13H,4-9,15H2,1-3H3,(H,16,17). The van der Waals surface area contributed by atoms with Gasteiger partial charge in [0, 0.05) is 18.7 Å². The van der Waals surface area contributed by atoms with E-state index in [1.807, 2.05) is 6.92 Å². The fourth-order valence-corrected chi connectivity index (χ4v) is 2.14. The number of carbonyl (C=O) groups excluding carboxylic acids is 1.